The third-order valence-corrected chi connectivity index (χ3v) is 6.64. The van der Waals surface area contributed by atoms with Gasteiger partial charge in [0, 0.05) is 16.6 Å². The van der Waals surface area contributed by atoms with E-state index in [9.17, 15) is 0 Å². The molecule has 2 aliphatic rings. The molecule has 0 saturated carbocycles. The fourth-order valence-corrected chi connectivity index (χ4v) is 4.47. The monoisotopic (exact) mass is 451 g/mol. The Kier molecular flexibility index (Phi) is 5.82. The van der Waals surface area contributed by atoms with Gasteiger partial charge in [0.1, 0.15) is 0 Å². The average molecular weight is 452 g/mol. The number of aromatic nitrogens is 3. The fraction of sp³-hybridized carbons (Fsp3) is 0.207. The summed E-state index contributed by atoms with van der Waals surface area (Å²) in [7, 11) is 0. The summed E-state index contributed by atoms with van der Waals surface area (Å²) < 4.78 is 0. The van der Waals surface area contributed by atoms with Crippen LogP contribution in [-0.2, 0) is 0 Å². The summed E-state index contributed by atoms with van der Waals surface area (Å²) in [5, 5.41) is 0.205. The lowest BCUT2D eigenvalue weighted by Gasteiger charge is -2.31. The minimum Gasteiger partial charge on any atom is -0.208 e. The Hall–Kier alpha value is -3.30. The summed E-state index contributed by atoms with van der Waals surface area (Å²) in [6, 6.07) is 18.5. The number of halogens is 1. The molecule has 2 atom stereocenters. The second kappa shape index (κ2) is 8.92. The lowest BCUT2D eigenvalue weighted by molar-refractivity contribution is 0.521. The molecule has 4 heteroatoms. The van der Waals surface area contributed by atoms with E-state index in [1.165, 1.54) is 11.1 Å². The van der Waals surface area contributed by atoms with Crippen LogP contribution in [0.15, 0.2) is 96.6 Å². The summed E-state index contributed by atoms with van der Waals surface area (Å²) in [4.78, 5) is 13.5. The highest BCUT2D eigenvalue weighted by molar-refractivity contribution is 6.28. The molecule has 0 amide bonds. The van der Waals surface area contributed by atoms with E-state index in [0.29, 0.717) is 17.6 Å². The maximum absolute atomic E-state index is 6.31. The van der Waals surface area contributed by atoms with Gasteiger partial charge in [0.2, 0.25) is 5.28 Å². The minimum atomic E-state index is -0.00688. The van der Waals surface area contributed by atoms with Crippen LogP contribution in [0, 0.1) is 11.3 Å². The highest BCUT2D eigenvalue weighted by Gasteiger charge is 2.28. The molecule has 2 aliphatic carbocycles. The molecule has 0 fully saturated rings. The van der Waals surface area contributed by atoms with E-state index in [1.54, 1.807) is 0 Å². The summed E-state index contributed by atoms with van der Waals surface area (Å²) in [6.07, 6.45) is 15.5. The largest absolute Gasteiger partial charge is 0.226 e. The zero-order chi connectivity index (χ0) is 22.8. The van der Waals surface area contributed by atoms with Crippen LogP contribution in [0.3, 0.4) is 0 Å². The summed E-state index contributed by atoms with van der Waals surface area (Å²) >= 11 is 6.31. The van der Waals surface area contributed by atoms with Gasteiger partial charge in [-0.1, -0.05) is 105 Å². The molecule has 2 aromatic carbocycles. The Bertz CT molecular complexity index is 1290. The van der Waals surface area contributed by atoms with Crippen molar-refractivity contribution in [1.82, 2.24) is 15.0 Å². The van der Waals surface area contributed by atoms with Crippen molar-refractivity contribution in [3.63, 3.8) is 0 Å². The van der Waals surface area contributed by atoms with E-state index < -0.39 is 0 Å². The van der Waals surface area contributed by atoms with Crippen molar-refractivity contribution < 1.29 is 0 Å². The van der Waals surface area contributed by atoms with Crippen LogP contribution in [0.1, 0.15) is 32.5 Å². The highest BCUT2D eigenvalue weighted by Crippen LogP contribution is 2.41. The molecule has 2 unspecified atom stereocenters. The Morgan fingerprint density at radius 3 is 2.18 bits per heavy atom. The van der Waals surface area contributed by atoms with E-state index in [0.717, 1.165) is 29.5 Å². The molecule has 5 rings (SSSR count). The SMILES string of the molecule is CC1C=CC(C2(C)C=CC(c3nc(Cl)nc(-c4ccc(-c5ccccc5)cc4)n3)=CC2)=CC1. The Balaban J connectivity index is 1.39. The smallest absolute Gasteiger partial charge is 0.208 e. The van der Waals surface area contributed by atoms with E-state index in [2.05, 4.69) is 84.5 Å². The minimum absolute atomic E-state index is 0.00688. The molecule has 1 heterocycles. The molecule has 0 N–H and O–H groups in total. The van der Waals surface area contributed by atoms with Gasteiger partial charge in [0.05, 0.1) is 0 Å². The van der Waals surface area contributed by atoms with Gasteiger partial charge in [-0.05, 0) is 47.1 Å². The topological polar surface area (TPSA) is 38.7 Å². The van der Waals surface area contributed by atoms with E-state index in [4.69, 9.17) is 16.6 Å². The number of allylic oxidation sites excluding steroid dienone is 8. The number of rotatable bonds is 4. The molecule has 0 saturated heterocycles. The van der Waals surface area contributed by atoms with Gasteiger partial charge < -0.3 is 0 Å². The third-order valence-electron chi connectivity index (χ3n) is 6.47. The zero-order valence-corrected chi connectivity index (χ0v) is 19.6. The first kappa shape index (κ1) is 21.5. The summed E-state index contributed by atoms with van der Waals surface area (Å²) in [5.41, 5.74) is 5.59. The van der Waals surface area contributed by atoms with Crippen molar-refractivity contribution in [2.75, 3.05) is 0 Å². The zero-order valence-electron chi connectivity index (χ0n) is 18.9. The maximum atomic E-state index is 6.31. The van der Waals surface area contributed by atoms with E-state index in [1.807, 2.05) is 30.3 Å². The summed E-state index contributed by atoms with van der Waals surface area (Å²) in [5.74, 6) is 1.81. The second-order valence-corrected chi connectivity index (χ2v) is 9.38. The van der Waals surface area contributed by atoms with Crippen LogP contribution in [0.2, 0.25) is 5.28 Å². The Morgan fingerprint density at radius 1 is 0.818 bits per heavy atom. The normalized spacial score (nSPS) is 22.1. The lowest BCUT2D eigenvalue weighted by atomic mass is 9.73. The molecule has 33 heavy (non-hydrogen) atoms. The van der Waals surface area contributed by atoms with Crippen LogP contribution in [0.5, 0.6) is 0 Å². The van der Waals surface area contributed by atoms with Crippen molar-refractivity contribution >= 4 is 17.2 Å². The van der Waals surface area contributed by atoms with Crippen molar-refractivity contribution in [3.05, 3.63) is 108 Å². The van der Waals surface area contributed by atoms with Crippen molar-refractivity contribution in [2.24, 2.45) is 11.3 Å². The van der Waals surface area contributed by atoms with Gasteiger partial charge in [-0.2, -0.15) is 9.97 Å². The second-order valence-electron chi connectivity index (χ2n) is 9.04. The van der Waals surface area contributed by atoms with Crippen molar-refractivity contribution in [1.29, 1.82) is 0 Å². The number of nitrogens with zero attached hydrogens (tertiary/aromatic N) is 3. The quantitative estimate of drug-likeness (QED) is 0.407. The van der Waals surface area contributed by atoms with Gasteiger partial charge in [0.15, 0.2) is 11.6 Å². The number of benzene rings is 2. The molecular formula is C29H26ClN3. The first-order chi connectivity index (χ1) is 16.0. The Morgan fingerprint density at radius 2 is 1.52 bits per heavy atom. The van der Waals surface area contributed by atoms with Crippen LogP contribution < -0.4 is 0 Å². The summed E-state index contributed by atoms with van der Waals surface area (Å²) in [6.45, 7) is 4.53. The third kappa shape index (κ3) is 4.60. The standard InChI is InChI=1S/C29H26ClN3/c1-20-8-14-25(15-9-20)29(2)18-16-24(17-19-29)27-31-26(32-28(30)33-27)23-12-10-22(11-13-23)21-6-4-3-5-7-21/h3-8,10-18,20H,9,19H2,1-2H3. The average Bonchev–Trinajstić information content (AvgIpc) is 2.85. The van der Waals surface area contributed by atoms with E-state index in [-0.39, 0.29) is 10.7 Å². The van der Waals surface area contributed by atoms with Crippen LogP contribution in [-0.4, -0.2) is 15.0 Å². The lowest BCUT2D eigenvalue weighted by Crippen LogP contribution is -2.19. The van der Waals surface area contributed by atoms with Crippen molar-refractivity contribution in [3.8, 4) is 22.5 Å². The maximum Gasteiger partial charge on any atom is 0.226 e. The molecule has 0 radical (unpaired) electrons. The van der Waals surface area contributed by atoms with E-state index >= 15 is 0 Å². The molecule has 0 bridgehead atoms. The molecule has 1 aromatic heterocycles. The van der Waals surface area contributed by atoms with Crippen LogP contribution in [0.4, 0.5) is 0 Å². The molecule has 0 aliphatic heterocycles. The van der Waals surface area contributed by atoms with Gasteiger partial charge in [-0.15, -0.1) is 0 Å². The van der Waals surface area contributed by atoms with Crippen molar-refractivity contribution in [2.45, 2.75) is 26.7 Å². The van der Waals surface area contributed by atoms with Gasteiger partial charge >= 0.3 is 0 Å². The number of hydrogen-bond acceptors (Lipinski definition) is 3. The predicted molar refractivity (Wildman–Crippen MR) is 137 cm³/mol. The first-order valence-electron chi connectivity index (χ1n) is 11.4. The molecule has 3 aromatic rings. The van der Waals surface area contributed by atoms with Crippen LogP contribution in [0.25, 0.3) is 28.1 Å². The first-order valence-corrected chi connectivity index (χ1v) is 11.7. The predicted octanol–water partition coefficient (Wildman–Crippen LogP) is 7.73. The molecular weight excluding hydrogens is 426 g/mol. The highest BCUT2D eigenvalue weighted by atomic mass is 35.5. The van der Waals surface area contributed by atoms with Gasteiger partial charge in [-0.25, -0.2) is 4.98 Å². The fourth-order valence-electron chi connectivity index (χ4n) is 4.31. The van der Waals surface area contributed by atoms with Crippen LogP contribution >= 0.6 is 11.6 Å². The Labute approximate surface area is 200 Å². The van der Waals surface area contributed by atoms with Gasteiger partial charge in [0.25, 0.3) is 0 Å². The molecule has 164 valence electrons. The van der Waals surface area contributed by atoms with Gasteiger partial charge in [-0.3, -0.25) is 0 Å². The molecule has 0 spiro atoms. The molecule has 3 nitrogen and oxygen atoms in total. The number of hydrogen-bond donors (Lipinski definition) is 0.